The number of aryl methyl sites for hydroxylation is 3. The first-order valence-corrected chi connectivity index (χ1v) is 7.03. The Labute approximate surface area is 124 Å². The SMILES string of the molecule is CCn1nc(C)c(Cl)c1COc1c(C)ccc(N)c1C. The van der Waals surface area contributed by atoms with Crippen molar-refractivity contribution in [2.24, 2.45) is 0 Å². The minimum atomic E-state index is 0.388. The van der Waals surface area contributed by atoms with Crippen LogP contribution < -0.4 is 10.5 Å². The average molecular weight is 294 g/mol. The number of halogens is 1. The maximum Gasteiger partial charge on any atom is 0.131 e. The molecule has 5 heteroatoms. The van der Waals surface area contributed by atoms with Gasteiger partial charge in [0.15, 0.2) is 0 Å². The van der Waals surface area contributed by atoms with Crippen LogP contribution in [0.25, 0.3) is 0 Å². The fourth-order valence-electron chi connectivity index (χ4n) is 2.21. The molecule has 0 saturated carbocycles. The van der Waals surface area contributed by atoms with Crippen molar-refractivity contribution in [3.05, 3.63) is 39.7 Å². The first-order chi connectivity index (χ1) is 9.45. The maximum absolute atomic E-state index is 6.28. The molecule has 0 fully saturated rings. The van der Waals surface area contributed by atoms with Gasteiger partial charge in [-0.15, -0.1) is 0 Å². The molecule has 0 aliphatic rings. The average Bonchev–Trinajstić information content (AvgIpc) is 2.70. The van der Waals surface area contributed by atoms with Crippen LogP contribution in [0.15, 0.2) is 12.1 Å². The third-order valence-corrected chi connectivity index (χ3v) is 3.94. The van der Waals surface area contributed by atoms with Gasteiger partial charge in [-0.05, 0) is 39.3 Å². The molecule has 0 aliphatic heterocycles. The van der Waals surface area contributed by atoms with Gasteiger partial charge in [0.05, 0.1) is 16.4 Å². The first kappa shape index (κ1) is 14.7. The van der Waals surface area contributed by atoms with Crippen molar-refractivity contribution in [2.75, 3.05) is 5.73 Å². The molecule has 2 rings (SSSR count). The lowest BCUT2D eigenvalue weighted by molar-refractivity contribution is 0.289. The number of anilines is 1. The highest BCUT2D eigenvalue weighted by Gasteiger charge is 2.14. The fraction of sp³-hybridized carbons (Fsp3) is 0.400. The molecule has 0 radical (unpaired) electrons. The second-order valence-corrected chi connectivity index (χ2v) is 5.25. The third kappa shape index (κ3) is 2.61. The molecule has 0 amide bonds. The van der Waals surface area contributed by atoms with Crippen LogP contribution in [0.2, 0.25) is 5.02 Å². The van der Waals surface area contributed by atoms with Gasteiger partial charge in [-0.1, -0.05) is 17.7 Å². The number of hydrogen-bond donors (Lipinski definition) is 1. The smallest absolute Gasteiger partial charge is 0.131 e. The van der Waals surface area contributed by atoms with Gasteiger partial charge in [-0.3, -0.25) is 4.68 Å². The van der Waals surface area contributed by atoms with Crippen LogP contribution in [0.3, 0.4) is 0 Å². The molecule has 0 unspecified atom stereocenters. The van der Waals surface area contributed by atoms with Gasteiger partial charge in [0.1, 0.15) is 12.4 Å². The van der Waals surface area contributed by atoms with Crippen molar-refractivity contribution in [3.63, 3.8) is 0 Å². The number of nitrogen functional groups attached to an aromatic ring is 1. The Morgan fingerprint density at radius 2 is 2.00 bits per heavy atom. The predicted octanol–water partition coefficient (Wildman–Crippen LogP) is 3.64. The molecule has 0 spiro atoms. The van der Waals surface area contributed by atoms with E-state index in [0.29, 0.717) is 11.6 Å². The molecule has 1 heterocycles. The fourth-order valence-corrected chi connectivity index (χ4v) is 2.40. The molecule has 2 N–H and O–H groups in total. The van der Waals surface area contributed by atoms with Crippen molar-refractivity contribution in [2.45, 2.75) is 40.8 Å². The van der Waals surface area contributed by atoms with E-state index < -0.39 is 0 Å². The molecule has 108 valence electrons. The topological polar surface area (TPSA) is 53.1 Å². The maximum atomic E-state index is 6.28. The van der Waals surface area contributed by atoms with E-state index in [4.69, 9.17) is 22.1 Å². The third-order valence-electron chi connectivity index (χ3n) is 3.45. The Balaban J connectivity index is 2.28. The standard InChI is InChI=1S/C15H20ClN3O/c1-5-19-13(14(16)11(4)18-19)8-20-15-9(2)6-7-12(17)10(15)3/h6-7H,5,8,17H2,1-4H3. The lowest BCUT2D eigenvalue weighted by atomic mass is 10.1. The van der Waals surface area contributed by atoms with Crippen molar-refractivity contribution >= 4 is 17.3 Å². The molecule has 1 aromatic heterocycles. The van der Waals surface area contributed by atoms with Crippen LogP contribution in [0, 0.1) is 20.8 Å². The van der Waals surface area contributed by atoms with E-state index in [-0.39, 0.29) is 0 Å². The monoisotopic (exact) mass is 293 g/mol. The zero-order valence-corrected chi connectivity index (χ0v) is 13.1. The molecule has 0 bridgehead atoms. The number of ether oxygens (including phenoxy) is 1. The molecule has 4 nitrogen and oxygen atoms in total. The molecule has 1 aromatic carbocycles. The molecule has 0 aliphatic carbocycles. The molecule has 2 aromatic rings. The van der Waals surface area contributed by atoms with Crippen LogP contribution in [-0.2, 0) is 13.2 Å². The van der Waals surface area contributed by atoms with E-state index in [1.165, 1.54) is 0 Å². The minimum absolute atomic E-state index is 0.388. The molecular formula is C15H20ClN3O. The summed E-state index contributed by atoms with van der Waals surface area (Å²) in [5.74, 6) is 0.822. The van der Waals surface area contributed by atoms with Crippen LogP contribution in [-0.4, -0.2) is 9.78 Å². The summed E-state index contributed by atoms with van der Waals surface area (Å²) in [6.45, 7) is 9.05. The largest absolute Gasteiger partial charge is 0.487 e. The predicted molar refractivity (Wildman–Crippen MR) is 82.3 cm³/mol. The Kier molecular flexibility index (Phi) is 4.23. The Morgan fingerprint density at radius 3 is 2.65 bits per heavy atom. The summed E-state index contributed by atoms with van der Waals surface area (Å²) in [6, 6.07) is 3.85. The van der Waals surface area contributed by atoms with Crippen molar-refractivity contribution < 1.29 is 4.74 Å². The second kappa shape index (κ2) is 5.75. The van der Waals surface area contributed by atoms with Gasteiger partial charge in [-0.2, -0.15) is 5.10 Å². The van der Waals surface area contributed by atoms with Crippen molar-refractivity contribution in [1.82, 2.24) is 9.78 Å². The number of nitrogens with two attached hydrogens (primary N) is 1. The summed E-state index contributed by atoms with van der Waals surface area (Å²) < 4.78 is 7.82. The second-order valence-electron chi connectivity index (χ2n) is 4.88. The number of nitrogens with zero attached hydrogens (tertiary/aromatic N) is 2. The highest BCUT2D eigenvalue weighted by Crippen LogP contribution is 2.29. The number of rotatable bonds is 4. The van der Waals surface area contributed by atoms with E-state index in [2.05, 4.69) is 5.10 Å². The van der Waals surface area contributed by atoms with Crippen molar-refractivity contribution in [1.29, 1.82) is 0 Å². The first-order valence-electron chi connectivity index (χ1n) is 6.66. The van der Waals surface area contributed by atoms with E-state index in [0.717, 1.165) is 40.5 Å². The summed E-state index contributed by atoms with van der Waals surface area (Å²) in [6.07, 6.45) is 0. The summed E-state index contributed by atoms with van der Waals surface area (Å²) >= 11 is 6.28. The number of benzene rings is 1. The van der Waals surface area contributed by atoms with Gasteiger partial charge < -0.3 is 10.5 Å². The lowest BCUT2D eigenvalue weighted by Gasteiger charge is -2.14. The van der Waals surface area contributed by atoms with Crippen LogP contribution >= 0.6 is 11.6 Å². The number of aromatic nitrogens is 2. The van der Waals surface area contributed by atoms with Gasteiger partial charge in [0.2, 0.25) is 0 Å². The van der Waals surface area contributed by atoms with Gasteiger partial charge in [0, 0.05) is 17.8 Å². The summed E-state index contributed by atoms with van der Waals surface area (Å²) in [5, 5.41) is 5.06. The normalized spacial score (nSPS) is 10.8. The molecule has 0 atom stereocenters. The Hall–Kier alpha value is -1.68. The number of hydrogen-bond acceptors (Lipinski definition) is 3. The Morgan fingerprint density at radius 1 is 1.30 bits per heavy atom. The molecular weight excluding hydrogens is 274 g/mol. The summed E-state index contributed by atoms with van der Waals surface area (Å²) in [5.41, 5.74) is 10.4. The van der Waals surface area contributed by atoms with Crippen LogP contribution in [0.5, 0.6) is 5.75 Å². The van der Waals surface area contributed by atoms with Crippen molar-refractivity contribution in [3.8, 4) is 5.75 Å². The zero-order valence-electron chi connectivity index (χ0n) is 12.3. The molecule has 20 heavy (non-hydrogen) atoms. The highest BCUT2D eigenvalue weighted by molar-refractivity contribution is 6.31. The van der Waals surface area contributed by atoms with Gasteiger partial charge in [-0.25, -0.2) is 0 Å². The zero-order chi connectivity index (χ0) is 14.9. The van der Waals surface area contributed by atoms with Gasteiger partial charge in [0.25, 0.3) is 0 Å². The molecule has 0 saturated heterocycles. The van der Waals surface area contributed by atoms with Crippen LogP contribution in [0.4, 0.5) is 5.69 Å². The van der Waals surface area contributed by atoms with Gasteiger partial charge >= 0.3 is 0 Å². The Bertz CT molecular complexity index is 635. The van der Waals surface area contributed by atoms with E-state index >= 15 is 0 Å². The quantitative estimate of drug-likeness (QED) is 0.876. The van der Waals surface area contributed by atoms with E-state index in [9.17, 15) is 0 Å². The van der Waals surface area contributed by atoms with E-state index in [1.54, 1.807) is 0 Å². The summed E-state index contributed by atoms with van der Waals surface area (Å²) in [4.78, 5) is 0. The highest BCUT2D eigenvalue weighted by atomic mass is 35.5. The lowest BCUT2D eigenvalue weighted by Crippen LogP contribution is -2.08. The summed E-state index contributed by atoms with van der Waals surface area (Å²) in [7, 11) is 0. The van der Waals surface area contributed by atoms with E-state index in [1.807, 2.05) is 44.5 Å². The minimum Gasteiger partial charge on any atom is -0.487 e. The van der Waals surface area contributed by atoms with Crippen LogP contribution in [0.1, 0.15) is 29.4 Å².